The van der Waals surface area contributed by atoms with Gasteiger partial charge in [-0.1, -0.05) is 0 Å². The first-order chi connectivity index (χ1) is 6.45. The predicted octanol–water partition coefficient (Wildman–Crippen LogP) is 3.92. The van der Waals surface area contributed by atoms with Crippen LogP contribution < -0.4 is 0 Å². The van der Waals surface area contributed by atoms with Crippen LogP contribution in [0.2, 0.25) is 0 Å². The first-order valence-corrected chi connectivity index (χ1v) is 5.23. The second kappa shape index (κ2) is 4.63. The van der Waals surface area contributed by atoms with E-state index in [1.54, 1.807) is 0 Å². The van der Waals surface area contributed by atoms with Gasteiger partial charge in [0, 0.05) is 10.7 Å². The molecule has 0 bridgehead atoms. The van der Waals surface area contributed by atoms with E-state index in [1.165, 1.54) is 6.20 Å². The Balaban J connectivity index is 3.45. The van der Waals surface area contributed by atoms with Crippen LogP contribution in [0, 0.1) is 0 Å². The van der Waals surface area contributed by atoms with Gasteiger partial charge in [-0.05, 0) is 43.5 Å². The van der Waals surface area contributed by atoms with Gasteiger partial charge in [0.2, 0.25) is 0 Å². The molecule has 0 aliphatic heterocycles. The third-order valence-electron chi connectivity index (χ3n) is 1.41. The van der Waals surface area contributed by atoms with E-state index in [0.29, 0.717) is 4.47 Å². The van der Waals surface area contributed by atoms with E-state index in [2.05, 4.69) is 36.8 Å². The molecule has 1 rings (SSSR count). The molecule has 2 nitrogen and oxygen atoms in total. The molecule has 0 aromatic carbocycles. The van der Waals surface area contributed by atoms with E-state index in [0.717, 1.165) is 0 Å². The molecule has 0 fully saturated rings. The van der Waals surface area contributed by atoms with Crippen LogP contribution in [0.4, 0.5) is 8.78 Å². The number of pyridine rings is 1. The van der Waals surface area contributed by atoms with Crippen molar-refractivity contribution < 1.29 is 13.6 Å². The smallest absolute Gasteiger partial charge is 0.271 e. The van der Waals surface area contributed by atoms with Crippen LogP contribution in [0.1, 0.15) is 22.5 Å². The van der Waals surface area contributed by atoms with Crippen molar-refractivity contribution in [3.63, 3.8) is 0 Å². The molecule has 0 aliphatic rings. The largest absolute Gasteiger partial charge is 0.274 e. The maximum absolute atomic E-state index is 12.5. The van der Waals surface area contributed by atoms with E-state index in [9.17, 15) is 13.6 Å². The van der Waals surface area contributed by atoms with Crippen molar-refractivity contribution in [2.75, 3.05) is 0 Å². The Morgan fingerprint density at radius 3 is 2.50 bits per heavy atom. The SMILES string of the molecule is O=C(Cl)c1ncc(Br)c(Br)c1C(F)F. The van der Waals surface area contributed by atoms with E-state index in [-0.39, 0.29) is 4.47 Å². The average molecular weight is 349 g/mol. The van der Waals surface area contributed by atoms with Crippen molar-refractivity contribution in [3.05, 3.63) is 26.4 Å². The Kier molecular flexibility index (Phi) is 3.97. The fourth-order valence-electron chi connectivity index (χ4n) is 0.836. The molecule has 76 valence electrons. The lowest BCUT2D eigenvalue weighted by Gasteiger charge is -2.07. The van der Waals surface area contributed by atoms with E-state index >= 15 is 0 Å². The number of carbonyl (C=O) groups excluding carboxylic acids is 1. The highest BCUT2D eigenvalue weighted by Crippen LogP contribution is 2.35. The summed E-state index contributed by atoms with van der Waals surface area (Å²) in [6.45, 7) is 0. The highest BCUT2D eigenvalue weighted by Gasteiger charge is 2.23. The number of nitrogens with zero attached hydrogens (tertiary/aromatic N) is 1. The summed E-state index contributed by atoms with van der Waals surface area (Å²) in [5.74, 6) is 0. The molecule has 1 heterocycles. The number of rotatable bonds is 2. The van der Waals surface area contributed by atoms with Crippen LogP contribution >= 0.6 is 43.5 Å². The van der Waals surface area contributed by atoms with Crippen molar-refractivity contribution in [2.45, 2.75) is 6.43 Å². The molecule has 0 unspecified atom stereocenters. The first kappa shape index (κ1) is 12.0. The number of carbonyl (C=O) groups is 1. The Bertz CT molecular complexity index is 386. The highest BCUT2D eigenvalue weighted by molar-refractivity contribution is 9.13. The molecule has 0 aliphatic carbocycles. The first-order valence-electron chi connectivity index (χ1n) is 3.27. The van der Waals surface area contributed by atoms with Crippen LogP contribution in [0.3, 0.4) is 0 Å². The van der Waals surface area contributed by atoms with E-state index < -0.39 is 22.9 Å². The van der Waals surface area contributed by atoms with Crippen molar-refractivity contribution >= 4 is 48.7 Å². The van der Waals surface area contributed by atoms with Gasteiger partial charge in [-0.25, -0.2) is 13.8 Å². The third-order valence-corrected chi connectivity index (χ3v) is 3.58. The molecule has 0 spiro atoms. The third kappa shape index (κ3) is 2.29. The van der Waals surface area contributed by atoms with Crippen molar-refractivity contribution in [2.24, 2.45) is 0 Å². The number of alkyl halides is 2. The highest BCUT2D eigenvalue weighted by atomic mass is 79.9. The van der Waals surface area contributed by atoms with Crippen LogP contribution in [-0.2, 0) is 0 Å². The molecule has 0 saturated carbocycles. The molecular formula is C7H2Br2ClF2NO. The van der Waals surface area contributed by atoms with E-state index in [1.807, 2.05) is 0 Å². The predicted molar refractivity (Wildman–Crippen MR) is 54.8 cm³/mol. The molecular weight excluding hydrogens is 347 g/mol. The molecule has 1 aromatic heterocycles. The van der Waals surface area contributed by atoms with Gasteiger partial charge in [0.1, 0.15) is 5.69 Å². The zero-order valence-electron chi connectivity index (χ0n) is 6.40. The van der Waals surface area contributed by atoms with Crippen molar-refractivity contribution in [1.82, 2.24) is 4.98 Å². The van der Waals surface area contributed by atoms with Gasteiger partial charge in [-0.15, -0.1) is 0 Å². The van der Waals surface area contributed by atoms with Gasteiger partial charge in [-0.2, -0.15) is 0 Å². The standard InChI is InChI=1S/C7H2Br2ClF2NO/c8-2-1-13-5(6(10)14)3(4(2)9)7(11)12/h1,7H. The minimum Gasteiger partial charge on any atom is -0.274 e. The lowest BCUT2D eigenvalue weighted by molar-refractivity contribution is 0.106. The Morgan fingerprint density at radius 2 is 2.07 bits per heavy atom. The molecule has 0 radical (unpaired) electrons. The summed E-state index contributed by atoms with van der Waals surface area (Å²) in [5, 5.41) is -1.01. The van der Waals surface area contributed by atoms with Gasteiger partial charge in [0.05, 0.1) is 10.0 Å². The summed E-state index contributed by atoms with van der Waals surface area (Å²) >= 11 is 11.0. The van der Waals surface area contributed by atoms with Crippen molar-refractivity contribution in [3.8, 4) is 0 Å². The number of hydrogen-bond donors (Lipinski definition) is 0. The maximum Gasteiger partial charge on any atom is 0.271 e. The summed E-state index contributed by atoms with van der Waals surface area (Å²) in [6.07, 6.45) is -1.59. The molecule has 0 saturated heterocycles. The fraction of sp³-hybridized carbons (Fsp3) is 0.143. The van der Waals surface area contributed by atoms with Crippen molar-refractivity contribution in [1.29, 1.82) is 0 Å². The molecule has 14 heavy (non-hydrogen) atoms. The number of aromatic nitrogens is 1. The average Bonchev–Trinajstić information content (AvgIpc) is 2.08. The zero-order valence-corrected chi connectivity index (χ0v) is 10.3. The molecule has 0 N–H and O–H groups in total. The lowest BCUT2D eigenvalue weighted by Crippen LogP contribution is -2.03. The Morgan fingerprint density at radius 1 is 1.50 bits per heavy atom. The van der Waals surface area contributed by atoms with Crippen LogP contribution in [0.25, 0.3) is 0 Å². The van der Waals surface area contributed by atoms with E-state index in [4.69, 9.17) is 11.6 Å². The van der Waals surface area contributed by atoms with Gasteiger partial charge in [0.15, 0.2) is 0 Å². The molecule has 7 heteroatoms. The zero-order chi connectivity index (χ0) is 10.9. The summed E-state index contributed by atoms with van der Waals surface area (Å²) in [4.78, 5) is 14.3. The Hall–Kier alpha value is -0.0700. The monoisotopic (exact) mass is 347 g/mol. The van der Waals surface area contributed by atoms with Crippen LogP contribution in [0.5, 0.6) is 0 Å². The minimum atomic E-state index is -2.81. The summed E-state index contributed by atoms with van der Waals surface area (Å²) < 4.78 is 25.5. The minimum absolute atomic E-state index is 0.0894. The summed E-state index contributed by atoms with van der Waals surface area (Å²) in [5.41, 5.74) is -0.934. The topological polar surface area (TPSA) is 30.0 Å². The van der Waals surface area contributed by atoms with Crippen LogP contribution in [0.15, 0.2) is 15.1 Å². The summed E-state index contributed by atoms with van der Waals surface area (Å²) in [7, 11) is 0. The molecule has 0 amide bonds. The van der Waals surface area contributed by atoms with Gasteiger partial charge < -0.3 is 0 Å². The lowest BCUT2D eigenvalue weighted by atomic mass is 10.2. The number of halogens is 5. The Labute approximate surface area is 99.9 Å². The van der Waals surface area contributed by atoms with Gasteiger partial charge in [-0.3, -0.25) is 4.79 Å². The van der Waals surface area contributed by atoms with Crippen LogP contribution in [-0.4, -0.2) is 10.2 Å². The maximum atomic E-state index is 12.5. The second-order valence-electron chi connectivity index (χ2n) is 2.26. The summed E-state index contributed by atoms with van der Waals surface area (Å²) in [6, 6.07) is 0. The molecule has 0 atom stereocenters. The fourth-order valence-corrected chi connectivity index (χ4v) is 1.77. The van der Waals surface area contributed by atoms with Gasteiger partial charge >= 0.3 is 0 Å². The quantitative estimate of drug-likeness (QED) is 0.758. The normalized spacial score (nSPS) is 10.7. The molecule has 1 aromatic rings. The second-order valence-corrected chi connectivity index (χ2v) is 4.25. The number of hydrogen-bond acceptors (Lipinski definition) is 2. The van der Waals surface area contributed by atoms with Gasteiger partial charge in [0.25, 0.3) is 11.7 Å².